The van der Waals surface area contributed by atoms with E-state index >= 15 is 0 Å². The van der Waals surface area contributed by atoms with E-state index in [1.165, 1.54) is 6.07 Å². The Kier molecular flexibility index (Phi) is 6.57. The monoisotopic (exact) mass is 342 g/mol. The summed E-state index contributed by atoms with van der Waals surface area (Å²) in [6.07, 6.45) is 0.810. The molecule has 0 bridgehead atoms. The van der Waals surface area contributed by atoms with Gasteiger partial charge in [-0.1, -0.05) is 13.0 Å². The van der Waals surface area contributed by atoms with Crippen LogP contribution in [0.25, 0.3) is 0 Å². The Hall–Kier alpha value is -2.82. The van der Waals surface area contributed by atoms with Crippen molar-refractivity contribution in [3.63, 3.8) is 0 Å². The number of esters is 2. The van der Waals surface area contributed by atoms with Gasteiger partial charge in [-0.2, -0.15) is 0 Å². The van der Waals surface area contributed by atoms with Crippen LogP contribution < -0.4 is 9.47 Å². The van der Waals surface area contributed by atoms with Crippen LogP contribution in [0.5, 0.6) is 11.5 Å². The minimum Gasteiger partial charge on any atom is -0.491 e. The summed E-state index contributed by atoms with van der Waals surface area (Å²) in [6, 6.07) is 13.1. The molecule has 2 aromatic rings. The fraction of sp³-hybridized carbons (Fsp3) is 0.300. The van der Waals surface area contributed by atoms with Crippen molar-refractivity contribution < 1.29 is 23.8 Å². The molecule has 2 rings (SSSR count). The van der Waals surface area contributed by atoms with Gasteiger partial charge in [0, 0.05) is 0 Å². The second kappa shape index (κ2) is 8.87. The first-order chi connectivity index (χ1) is 12.0. The molecule has 5 heteroatoms. The lowest BCUT2D eigenvalue weighted by atomic mass is 10.2. The molecule has 0 aliphatic rings. The van der Waals surface area contributed by atoms with E-state index in [1.54, 1.807) is 42.5 Å². The molecule has 5 nitrogen and oxygen atoms in total. The summed E-state index contributed by atoms with van der Waals surface area (Å²) in [5.74, 6) is 0.0378. The molecule has 0 aliphatic carbocycles. The second-order valence-electron chi connectivity index (χ2n) is 5.74. The Balaban J connectivity index is 2.03. The summed E-state index contributed by atoms with van der Waals surface area (Å²) in [6.45, 7) is 6.14. The molecule has 0 aliphatic heterocycles. The van der Waals surface area contributed by atoms with Crippen LogP contribution in [0.4, 0.5) is 0 Å². The summed E-state index contributed by atoms with van der Waals surface area (Å²) >= 11 is 0. The number of ether oxygens (including phenoxy) is 3. The summed E-state index contributed by atoms with van der Waals surface area (Å²) in [7, 11) is 0. The van der Waals surface area contributed by atoms with E-state index < -0.39 is 11.9 Å². The Morgan fingerprint density at radius 2 is 1.64 bits per heavy atom. The first-order valence-corrected chi connectivity index (χ1v) is 8.25. The quantitative estimate of drug-likeness (QED) is 0.556. The molecule has 0 aromatic heterocycles. The molecule has 0 saturated heterocycles. The Labute approximate surface area is 147 Å². The van der Waals surface area contributed by atoms with Crippen LogP contribution >= 0.6 is 0 Å². The predicted octanol–water partition coefficient (Wildman–Crippen LogP) is 4.26. The number of carbonyl (C=O) groups excluding carboxylic acids is 2. The third-order valence-corrected chi connectivity index (χ3v) is 3.18. The van der Waals surface area contributed by atoms with Gasteiger partial charge in [0.2, 0.25) is 0 Å². The molecule has 0 heterocycles. The van der Waals surface area contributed by atoms with Crippen molar-refractivity contribution >= 4 is 11.9 Å². The SMILES string of the molecule is CCCOC(=O)c1cccc(OC(=O)c2ccc(OC(C)C)cc2)c1. The first-order valence-electron chi connectivity index (χ1n) is 8.25. The van der Waals surface area contributed by atoms with Gasteiger partial charge in [0.25, 0.3) is 0 Å². The van der Waals surface area contributed by atoms with Crippen LogP contribution in [-0.2, 0) is 4.74 Å². The molecule has 0 amide bonds. The van der Waals surface area contributed by atoms with Crippen molar-refractivity contribution in [3.8, 4) is 11.5 Å². The van der Waals surface area contributed by atoms with Crippen molar-refractivity contribution in [2.24, 2.45) is 0 Å². The van der Waals surface area contributed by atoms with Crippen molar-refractivity contribution in [2.45, 2.75) is 33.3 Å². The smallest absolute Gasteiger partial charge is 0.343 e. The summed E-state index contributed by atoms with van der Waals surface area (Å²) in [5, 5.41) is 0. The molecule has 0 spiro atoms. The normalized spacial score (nSPS) is 10.4. The molecule has 2 aromatic carbocycles. The molecule has 25 heavy (non-hydrogen) atoms. The average molecular weight is 342 g/mol. The van der Waals surface area contributed by atoms with E-state index in [1.807, 2.05) is 20.8 Å². The number of rotatable bonds is 7. The van der Waals surface area contributed by atoms with Gasteiger partial charge >= 0.3 is 11.9 Å². The van der Waals surface area contributed by atoms with Crippen molar-refractivity contribution in [2.75, 3.05) is 6.61 Å². The maximum atomic E-state index is 12.2. The number of carbonyl (C=O) groups is 2. The molecule has 0 N–H and O–H groups in total. The van der Waals surface area contributed by atoms with Gasteiger partial charge in [0.15, 0.2) is 0 Å². The van der Waals surface area contributed by atoms with E-state index in [0.717, 1.165) is 6.42 Å². The molecule has 0 saturated carbocycles. The highest BCUT2D eigenvalue weighted by molar-refractivity contribution is 5.92. The Bertz CT molecular complexity index is 719. The zero-order valence-electron chi connectivity index (χ0n) is 14.7. The van der Waals surface area contributed by atoms with Gasteiger partial charge < -0.3 is 14.2 Å². The molecule has 132 valence electrons. The predicted molar refractivity (Wildman–Crippen MR) is 94.2 cm³/mol. The molecular formula is C20H22O5. The molecule has 0 radical (unpaired) electrons. The van der Waals surface area contributed by atoms with Gasteiger partial charge in [-0.05, 0) is 62.7 Å². The van der Waals surface area contributed by atoms with Gasteiger partial charge in [-0.15, -0.1) is 0 Å². The number of hydrogen-bond acceptors (Lipinski definition) is 5. The van der Waals surface area contributed by atoms with Crippen molar-refractivity contribution in [1.82, 2.24) is 0 Å². The van der Waals surface area contributed by atoms with Gasteiger partial charge in [0.05, 0.1) is 23.8 Å². The summed E-state index contributed by atoms with van der Waals surface area (Å²) in [5.41, 5.74) is 0.745. The lowest BCUT2D eigenvalue weighted by Gasteiger charge is -2.10. The average Bonchev–Trinajstić information content (AvgIpc) is 2.60. The fourth-order valence-electron chi connectivity index (χ4n) is 2.07. The molecule has 0 fully saturated rings. The van der Waals surface area contributed by atoms with Crippen LogP contribution in [0, 0.1) is 0 Å². The topological polar surface area (TPSA) is 61.8 Å². The van der Waals surface area contributed by atoms with E-state index in [2.05, 4.69) is 0 Å². The third-order valence-electron chi connectivity index (χ3n) is 3.18. The fourth-order valence-corrected chi connectivity index (χ4v) is 2.07. The van der Waals surface area contributed by atoms with Gasteiger partial charge in [0.1, 0.15) is 11.5 Å². The summed E-state index contributed by atoms with van der Waals surface area (Å²) in [4.78, 5) is 24.1. The minimum atomic E-state index is -0.504. The molecular weight excluding hydrogens is 320 g/mol. The zero-order chi connectivity index (χ0) is 18.2. The molecule has 0 atom stereocenters. The van der Waals surface area contributed by atoms with E-state index in [0.29, 0.717) is 29.2 Å². The summed E-state index contributed by atoms with van der Waals surface area (Å²) < 4.78 is 15.9. The van der Waals surface area contributed by atoms with E-state index in [-0.39, 0.29) is 6.10 Å². The van der Waals surface area contributed by atoms with Gasteiger partial charge in [-0.25, -0.2) is 9.59 Å². The zero-order valence-corrected chi connectivity index (χ0v) is 14.7. The Morgan fingerprint density at radius 3 is 2.28 bits per heavy atom. The highest BCUT2D eigenvalue weighted by Crippen LogP contribution is 2.18. The van der Waals surface area contributed by atoms with E-state index in [9.17, 15) is 9.59 Å². The van der Waals surface area contributed by atoms with Crippen LogP contribution in [0.15, 0.2) is 48.5 Å². The van der Waals surface area contributed by atoms with Crippen LogP contribution in [0.1, 0.15) is 47.9 Å². The lowest BCUT2D eigenvalue weighted by Crippen LogP contribution is -2.10. The second-order valence-corrected chi connectivity index (χ2v) is 5.74. The van der Waals surface area contributed by atoms with Crippen molar-refractivity contribution in [3.05, 3.63) is 59.7 Å². The van der Waals surface area contributed by atoms with Crippen LogP contribution in [0.3, 0.4) is 0 Å². The third kappa shape index (κ3) is 5.64. The largest absolute Gasteiger partial charge is 0.491 e. The highest BCUT2D eigenvalue weighted by Gasteiger charge is 2.12. The van der Waals surface area contributed by atoms with E-state index in [4.69, 9.17) is 14.2 Å². The van der Waals surface area contributed by atoms with Crippen LogP contribution in [-0.4, -0.2) is 24.6 Å². The lowest BCUT2D eigenvalue weighted by molar-refractivity contribution is 0.0503. The maximum absolute atomic E-state index is 12.2. The maximum Gasteiger partial charge on any atom is 0.343 e. The number of benzene rings is 2. The van der Waals surface area contributed by atoms with Crippen molar-refractivity contribution in [1.29, 1.82) is 0 Å². The Morgan fingerprint density at radius 1 is 0.920 bits per heavy atom. The minimum absolute atomic E-state index is 0.0630. The first kappa shape index (κ1) is 18.5. The molecule has 0 unspecified atom stereocenters. The van der Waals surface area contributed by atoms with Crippen LogP contribution in [0.2, 0.25) is 0 Å². The number of hydrogen-bond donors (Lipinski definition) is 0. The van der Waals surface area contributed by atoms with Gasteiger partial charge in [-0.3, -0.25) is 0 Å². The standard InChI is InChI=1S/C20H22O5/c1-4-12-23-19(21)16-6-5-7-18(13-16)25-20(22)15-8-10-17(11-9-15)24-14(2)3/h5-11,13-14H,4,12H2,1-3H3. The highest BCUT2D eigenvalue weighted by atomic mass is 16.5.